The molecule has 0 bridgehead atoms. The van der Waals surface area contributed by atoms with Gasteiger partial charge in [-0.25, -0.2) is 8.78 Å². The summed E-state index contributed by atoms with van der Waals surface area (Å²) in [4.78, 5) is 26.4. The Hall–Kier alpha value is -2.76. The normalized spacial score (nSPS) is 16.8. The number of hydrogen-bond donors (Lipinski definition) is 1. The molecule has 1 heterocycles. The minimum absolute atomic E-state index is 0.0156. The van der Waals surface area contributed by atoms with Gasteiger partial charge in [-0.3, -0.25) is 9.59 Å². The van der Waals surface area contributed by atoms with Gasteiger partial charge in [0.25, 0.3) is 0 Å². The fourth-order valence-electron chi connectivity index (χ4n) is 3.19. The highest BCUT2D eigenvalue weighted by Crippen LogP contribution is 2.29. The quantitative estimate of drug-likeness (QED) is 0.912. The number of halogens is 2. The van der Waals surface area contributed by atoms with Gasteiger partial charge in [-0.05, 0) is 48.7 Å². The number of benzene rings is 2. The molecule has 1 aliphatic rings. The van der Waals surface area contributed by atoms with Crippen LogP contribution in [-0.4, -0.2) is 18.4 Å². The second-order valence-electron chi connectivity index (χ2n) is 6.62. The molecule has 6 heteroatoms. The van der Waals surface area contributed by atoms with Crippen molar-refractivity contribution in [3.05, 3.63) is 64.7 Å². The van der Waals surface area contributed by atoms with E-state index in [1.54, 1.807) is 4.90 Å². The Kier molecular flexibility index (Phi) is 5.02. The maximum atomic E-state index is 13.2. The minimum Gasteiger partial charge on any atom is -0.352 e. The minimum atomic E-state index is -0.689. The number of nitrogens with one attached hydrogen (secondary N) is 1. The monoisotopic (exact) mass is 358 g/mol. The first kappa shape index (κ1) is 18.0. The summed E-state index contributed by atoms with van der Waals surface area (Å²) in [5.41, 5.74) is 3.25. The number of aryl methyl sites for hydroxylation is 1. The van der Waals surface area contributed by atoms with Crippen molar-refractivity contribution in [1.82, 2.24) is 5.32 Å². The van der Waals surface area contributed by atoms with Crippen LogP contribution in [0.2, 0.25) is 0 Å². The van der Waals surface area contributed by atoms with E-state index in [1.807, 2.05) is 32.0 Å². The highest BCUT2D eigenvalue weighted by atomic mass is 19.1. The third-order valence-corrected chi connectivity index (χ3v) is 4.75. The van der Waals surface area contributed by atoms with E-state index in [2.05, 4.69) is 5.32 Å². The first-order valence-electron chi connectivity index (χ1n) is 8.44. The van der Waals surface area contributed by atoms with Crippen LogP contribution >= 0.6 is 0 Å². The number of nitrogens with zero attached hydrogens (tertiary/aromatic N) is 1. The predicted octanol–water partition coefficient (Wildman–Crippen LogP) is 3.25. The van der Waals surface area contributed by atoms with E-state index in [0.29, 0.717) is 12.1 Å². The summed E-state index contributed by atoms with van der Waals surface area (Å²) in [5, 5.41) is 2.66. The van der Waals surface area contributed by atoms with Crippen molar-refractivity contribution in [2.24, 2.45) is 5.92 Å². The lowest BCUT2D eigenvalue weighted by Crippen LogP contribution is -2.32. The standard InChI is InChI=1S/C20H20F2N2O2/c1-12-4-3-5-18(13(12)2)24-11-15(8-19(24)25)20(26)23-10-14-6-16(21)9-17(22)7-14/h3-7,9,15H,8,10-11H2,1-2H3,(H,23,26). The van der Waals surface area contributed by atoms with Crippen molar-refractivity contribution in [2.45, 2.75) is 26.8 Å². The van der Waals surface area contributed by atoms with E-state index >= 15 is 0 Å². The molecule has 2 amide bonds. The van der Waals surface area contributed by atoms with Crippen LogP contribution in [0.15, 0.2) is 36.4 Å². The summed E-state index contributed by atoms with van der Waals surface area (Å²) in [6, 6.07) is 8.86. The number of carbonyl (C=O) groups is 2. The van der Waals surface area contributed by atoms with Crippen LogP contribution in [0.5, 0.6) is 0 Å². The van der Waals surface area contributed by atoms with Gasteiger partial charge in [0, 0.05) is 31.3 Å². The van der Waals surface area contributed by atoms with Crippen LogP contribution in [0, 0.1) is 31.4 Å². The molecule has 0 spiro atoms. The summed E-state index contributed by atoms with van der Waals surface area (Å²) < 4.78 is 26.4. The first-order chi connectivity index (χ1) is 12.3. The predicted molar refractivity (Wildman–Crippen MR) is 94.6 cm³/mol. The molecule has 136 valence electrons. The molecule has 2 aromatic rings. The summed E-state index contributed by atoms with van der Waals surface area (Å²) in [6.07, 6.45) is 0.122. The van der Waals surface area contributed by atoms with Crippen LogP contribution in [0.1, 0.15) is 23.1 Å². The fraction of sp³-hybridized carbons (Fsp3) is 0.300. The molecule has 2 aromatic carbocycles. The molecule has 0 aliphatic carbocycles. The van der Waals surface area contributed by atoms with Crippen LogP contribution < -0.4 is 10.2 Å². The van der Waals surface area contributed by atoms with Gasteiger partial charge in [-0.15, -0.1) is 0 Å². The summed E-state index contributed by atoms with van der Waals surface area (Å²) >= 11 is 0. The Balaban J connectivity index is 1.66. The van der Waals surface area contributed by atoms with E-state index in [4.69, 9.17) is 0 Å². The number of carbonyl (C=O) groups excluding carboxylic acids is 2. The lowest BCUT2D eigenvalue weighted by atomic mass is 10.1. The largest absolute Gasteiger partial charge is 0.352 e. The van der Waals surface area contributed by atoms with E-state index in [1.165, 1.54) is 12.1 Å². The maximum absolute atomic E-state index is 13.2. The second kappa shape index (κ2) is 7.23. The molecule has 3 rings (SSSR count). The van der Waals surface area contributed by atoms with E-state index in [9.17, 15) is 18.4 Å². The van der Waals surface area contributed by atoms with Gasteiger partial charge in [0.15, 0.2) is 0 Å². The molecule has 0 radical (unpaired) electrons. The molecule has 0 saturated carbocycles. The zero-order valence-corrected chi connectivity index (χ0v) is 14.7. The molecule has 1 N–H and O–H groups in total. The summed E-state index contributed by atoms with van der Waals surface area (Å²) in [6.45, 7) is 4.24. The molecule has 26 heavy (non-hydrogen) atoms. The molecule has 1 saturated heterocycles. The van der Waals surface area contributed by atoms with Crippen molar-refractivity contribution >= 4 is 17.5 Å². The van der Waals surface area contributed by atoms with Gasteiger partial charge in [-0.2, -0.15) is 0 Å². The topological polar surface area (TPSA) is 49.4 Å². The lowest BCUT2D eigenvalue weighted by Gasteiger charge is -2.20. The molecule has 0 aromatic heterocycles. The van der Waals surface area contributed by atoms with Crippen molar-refractivity contribution in [1.29, 1.82) is 0 Å². The number of hydrogen-bond acceptors (Lipinski definition) is 2. The van der Waals surface area contributed by atoms with Crippen molar-refractivity contribution in [2.75, 3.05) is 11.4 Å². The number of rotatable bonds is 4. The van der Waals surface area contributed by atoms with E-state index in [-0.39, 0.29) is 24.8 Å². The van der Waals surface area contributed by atoms with E-state index in [0.717, 1.165) is 22.9 Å². The van der Waals surface area contributed by atoms with E-state index < -0.39 is 17.6 Å². The SMILES string of the molecule is Cc1cccc(N2CC(C(=O)NCc3cc(F)cc(F)c3)CC2=O)c1C. The molecular formula is C20H20F2N2O2. The van der Waals surface area contributed by atoms with Crippen LogP contribution in [0.25, 0.3) is 0 Å². The molecule has 1 unspecified atom stereocenters. The molecule has 1 fully saturated rings. The Bertz CT molecular complexity index is 847. The molecule has 1 atom stereocenters. The van der Waals surface area contributed by atoms with Crippen molar-refractivity contribution in [3.8, 4) is 0 Å². The summed E-state index contributed by atoms with van der Waals surface area (Å²) in [7, 11) is 0. The zero-order valence-electron chi connectivity index (χ0n) is 14.7. The Morgan fingerprint density at radius 3 is 2.58 bits per heavy atom. The number of amides is 2. The highest BCUT2D eigenvalue weighted by Gasteiger charge is 2.35. The average Bonchev–Trinajstić information content (AvgIpc) is 2.96. The molecular weight excluding hydrogens is 338 g/mol. The smallest absolute Gasteiger partial charge is 0.227 e. The maximum Gasteiger partial charge on any atom is 0.227 e. The van der Waals surface area contributed by atoms with Crippen LogP contribution in [-0.2, 0) is 16.1 Å². The molecule has 4 nitrogen and oxygen atoms in total. The van der Waals surface area contributed by atoms with Gasteiger partial charge in [-0.1, -0.05) is 12.1 Å². The van der Waals surface area contributed by atoms with Crippen molar-refractivity contribution < 1.29 is 18.4 Å². The fourth-order valence-corrected chi connectivity index (χ4v) is 3.19. The van der Waals surface area contributed by atoms with Gasteiger partial charge >= 0.3 is 0 Å². The third kappa shape index (κ3) is 3.74. The van der Waals surface area contributed by atoms with Crippen molar-refractivity contribution in [3.63, 3.8) is 0 Å². The van der Waals surface area contributed by atoms with Crippen LogP contribution in [0.4, 0.5) is 14.5 Å². The first-order valence-corrected chi connectivity index (χ1v) is 8.44. The van der Waals surface area contributed by atoms with Crippen LogP contribution in [0.3, 0.4) is 0 Å². The third-order valence-electron chi connectivity index (χ3n) is 4.75. The zero-order chi connectivity index (χ0) is 18.8. The Morgan fingerprint density at radius 1 is 1.19 bits per heavy atom. The Labute approximate surface area is 150 Å². The van der Waals surface area contributed by atoms with Gasteiger partial charge in [0.2, 0.25) is 11.8 Å². The second-order valence-corrected chi connectivity index (χ2v) is 6.62. The average molecular weight is 358 g/mol. The lowest BCUT2D eigenvalue weighted by molar-refractivity contribution is -0.126. The molecule has 1 aliphatic heterocycles. The number of anilines is 1. The van der Waals surface area contributed by atoms with Gasteiger partial charge < -0.3 is 10.2 Å². The summed E-state index contributed by atoms with van der Waals surface area (Å²) in [5.74, 6) is -2.26. The highest BCUT2D eigenvalue weighted by molar-refractivity contribution is 6.00. The van der Waals surface area contributed by atoms with Gasteiger partial charge in [0.1, 0.15) is 11.6 Å². The Morgan fingerprint density at radius 2 is 1.88 bits per heavy atom. The van der Waals surface area contributed by atoms with Gasteiger partial charge in [0.05, 0.1) is 5.92 Å².